The zero-order valence-corrected chi connectivity index (χ0v) is 16.9. The molecule has 0 bridgehead atoms. The van der Waals surface area contributed by atoms with E-state index in [1.807, 2.05) is 31.2 Å². The zero-order chi connectivity index (χ0) is 19.3. The Morgan fingerprint density at radius 2 is 2.11 bits per heavy atom. The van der Waals surface area contributed by atoms with Crippen LogP contribution in [-0.2, 0) is 21.4 Å². The minimum Gasteiger partial charge on any atom is -0.494 e. The van der Waals surface area contributed by atoms with Gasteiger partial charge < -0.3 is 10.1 Å². The largest absolute Gasteiger partial charge is 0.494 e. The summed E-state index contributed by atoms with van der Waals surface area (Å²) in [5.41, 5.74) is 0.909. The summed E-state index contributed by atoms with van der Waals surface area (Å²) in [6, 6.07) is 10.9. The van der Waals surface area contributed by atoms with Crippen LogP contribution in [0.25, 0.3) is 0 Å². The Morgan fingerprint density at radius 1 is 1.30 bits per heavy atom. The van der Waals surface area contributed by atoms with Gasteiger partial charge in [-0.15, -0.1) is 11.3 Å². The van der Waals surface area contributed by atoms with E-state index in [2.05, 4.69) is 5.32 Å². The van der Waals surface area contributed by atoms with E-state index in [0.29, 0.717) is 36.7 Å². The number of carbonyl (C=O) groups is 1. The molecule has 0 saturated carbocycles. The highest BCUT2D eigenvalue weighted by molar-refractivity contribution is 7.91. The van der Waals surface area contributed by atoms with E-state index in [1.165, 1.54) is 15.6 Å². The van der Waals surface area contributed by atoms with Gasteiger partial charge in [0.25, 0.3) is 10.0 Å². The van der Waals surface area contributed by atoms with Gasteiger partial charge >= 0.3 is 0 Å². The second kappa shape index (κ2) is 8.86. The highest BCUT2D eigenvalue weighted by Gasteiger charge is 2.33. The Labute approximate surface area is 164 Å². The SMILES string of the molecule is CCOc1ccccc1CNC(=O)C1CCCN(S(=O)(=O)c2cccs2)C1. The van der Waals surface area contributed by atoms with Gasteiger partial charge in [0.05, 0.1) is 12.5 Å². The Morgan fingerprint density at radius 3 is 2.85 bits per heavy atom. The van der Waals surface area contributed by atoms with Gasteiger partial charge in [-0.2, -0.15) is 4.31 Å². The molecule has 1 saturated heterocycles. The Bertz CT molecular complexity index is 866. The van der Waals surface area contributed by atoms with Gasteiger partial charge in [0.1, 0.15) is 9.96 Å². The molecule has 1 unspecified atom stereocenters. The predicted octanol–water partition coefficient (Wildman–Crippen LogP) is 2.86. The maximum atomic E-state index is 12.7. The topological polar surface area (TPSA) is 75.7 Å². The lowest BCUT2D eigenvalue weighted by atomic mass is 9.98. The van der Waals surface area contributed by atoms with Gasteiger partial charge in [0, 0.05) is 25.2 Å². The molecular weight excluding hydrogens is 384 g/mol. The molecule has 1 amide bonds. The number of nitrogens with zero attached hydrogens (tertiary/aromatic N) is 1. The molecule has 1 fully saturated rings. The average Bonchev–Trinajstić information content (AvgIpc) is 3.23. The Kier molecular flexibility index (Phi) is 6.51. The van der Waals surface area contributed by atoms with Crippen LogP contribution in [0.2, 0.25) is 0 Å². The fraction of sp³-hybridized carbons (Fsp3) is 0.421. The number of piperidine rings is 1. The fourth-order valence-electron chi connectivity index (χ4n) is 3.19. The van der Waals surface area contributed by atoms with Crippen molar-refractivity contribution in [1.29, 1.82) is 0 Å². The fourth-order valence-corrected chi connectivity index (χ4v) is 5.85. The van der Waals surface area contributed by atoms with Crippen LogP contribution in [0.4, 0.5) is 0 Å². The van der Waals surface area contributed by atoms with Crippen LogP contribution in [0.5, 0.6) is 5.75 Å². The maximum Gasteiger partial charge on any atom is 0.252 e. The molecule has 1 aliphatic heterocycles. The predicted molar refractivity (Wildman–Crippen MR) is 105 cm³/mol. The summed E-state index contributed by atoms with van der Waals surface area (Å²) in [6.45, 7) is 3.52. The first kappa shape index (κ1) is 19.9. The number of nitrogens with one attached hydrogen (secondary N) is 1. The van der Waals surface area contributed by atoms with Crippen molar-refractivity contribution in [3.05, 3.63) is 47.3 Å². The minimum absolute atomic E-state index is 0.118. The molecule has 146 valence electrons. The molecule has 3 rings (SSSR count). The van der Waals surface area contributed by atoms with E-state index < -0.39 is 10.0 Å². The Balaban J connectivity index is 1.62. The molecule has 1 N–H and O–H groups in total. The average molecular weight is 409 g/mol. The molecule has 1 aromatic carbocycles. The molecule has 8 heteroatoms. The van der Waals surface area contributed by atoms with Gasteiger partial charge in [-0.1, -0.05) is 24.3 Å². The summed E-state index contributed by atoms with van der Waals surface area (Å²) in [4.78, 5) is 12.6. The third-order valence-corrected chi connectivity index (χ3v) is 7.81. The van der Waals surface area contributed by atoms with Gasteiger partial charge in [-0.05, 0) is 37.3 Å². The number of carbonyl (C=O) groups excluding carboxylic acids is 1. The molecule has 0 radical (unpaired) electrons. The summed E-state index contributed by atoms with van der Waals surface area (Å²) < 4.78 is 32.7. The molecular formula is C19H24N2O4S2. The van der Waals surface area contributed by atoms with Gasteiger partial charge in [-0.3, -0.25) is 4.79 Å². The first-order valence-corrected chi connectivity index (χ1v) is 11.4. The monoisotopic (exact) mass is 408 g/mol. The third kappa shape index (κ3) is 4.69. The molecule has 2 heterocycles. The van der Waals surface area contributed by atoms with Crippen molar-refractivity contribution in [3.8, 4) is 5.75 Å². The van der Waals surface area contributed by atoms with Crippen LogP contribution in [0.15, 0.2) is 46.0 Å². The maximum absolute atomic E-state index is 12.7. The summed E-state index contributed by atoms with van der Waals surface area (Å²) in [5, 5.41) is 4.68. The van der Waals surface area contributed by atoms with Gasteiger partial charge in [0.15, 0.2) is 0 Å². The highest BCUT2D eigenvalue weighted by Crippen LogP contribution is 2.26. The minimum atomic E-state index is -3.51. The molecule has 27 heavy (non-hydrogen) atoms. The highest BCUT2D eigenvalue weighted by atomic mass is 32.2. The summed E-state index contributed by atoms with van der Waals surface area (Å²) >= 11 is 1.20. The smallest absolute Gasteiger partial charge is 0.252 e. The summed E-state index contributed by atoms with van der Waals surface area (Å²) in [5.74, 6) is 0.297. The normalized spacial score (nSPS) is 18.2. The number of hydrogen-bond donors (Lipinski definition) is 1. The molecule has 1 aromatic heterocycles. The van der Waals surface area contributed by atoms with E-state index in [4.69, 9.17) is 4.74 Å². The van der Waals surface area contributed by atoms with Crippen LogP contribution in [0, 0.1) is 5.92 Å². The Hall–Kier alpha value is -1.90. The lowest BCUT2D eigenvalue weighted by Gasteiger charge is -2.30. The van der Waals surface area contributed by atoms with Crippen molar-refractivity contribution >= 4 is 27.3 Å². The molecule has 6 nitrogen and oxygen atoms in total. The van der Waals surface area contributed by atoms with Crippen molar-refractivity contribution in [2.75, 3.05) is 19.7 Å². The van der Waals surface area contributed by atoms with Crippen molar-refractivity contribution < 1.29 is 17.9 Å². The standard InChI is InChI=1S/C19H24N2O4S2/c1-2-25-17-9-4-3-7-15(17)13-20-19(22)16-8-5-11-21(14-16)27(23,24)18-10-6-12-26-18/h3-4,6-7,9-10,12,16H,2,5,8,11,13-14H2,1H3,(H,20,22). The van der Waals surface area contributed by atoms with Crippen LogP contribution in [0.3, 0.4) is 0 Å². The lowest BCUT2D eigenvalue weighted by molar-refractivity contribution is -0.126. The van der Waals surface area contributed by atoms with Gasteiger partial charge in [0.2, 0.25) is 5.91 Å². The third-order valence-electron chi connectivity index (χ3n) is 4.57. The number of ether oxygens (including phenoxy) is 1. The van der Waals surface area contributed by atoms with E-state index in [1.54, 1.807) is 17.5 Å². The molecule has 0 spiro atoms. The lowest BCUT2D eigenvalue weighted by Crippen LogP contribution is -2.45. The number of sulfonamides is 1. The number of benzene rings is 1. The first-order chi connectivity index (χ1) is 13.0. The van der Waals surface area contributed by atoms with Crippen LogP contribution in [0.1, 0.15) is 25.3 Å². The number of rotatable bonds is 7. The van der Waals surface area contributed by atoms with Crippen molar-refractivity contribution in [1.82, 2.24) is 9.62 Å². The number of thiophene rings is 1. The van der Waals surface area contributed by atoms with E-state index >= 15 is 0 Å². The number of hydrogen-bond acceptors (Lipinski definition) is 5. The molecule has 0 aliphatic carbocycles. The molecule has 2 aromatic rings. The first-order valence-electron chi connectivity index (χ1n) is 9.04. The van der Waals surface area contributed by atoms with E-state index in [-0.39, 0.29) is 18.4 Å². The van der Waals surface area contributed by atoms with Gasteiger partial charge in [-0.25, -0.2) is 8.42 Å². The van der Waals surface area contributed by atoms with Crippen LogP contribution >= 0.6 is 11.3 Å². The van der Waals surface area contributed by atoms with Crippen LogP contribution in [-0.4, -0.2) is 38.3 Å². The van der Waals surface area contributed by atoms with Crippen molar-refractivity contribution in [2.24, 2.45) is 5.92 Å². The zero-order valence-electron chi connectivity index (χ0n) is 15.3. The van der Waals surface area contributed by atoms with E-state index in [9.17, 15) is 13.2 Å². The summed E-state index contributed by atoms with van der Waals surface area (Å²) in [7, 11) is -3.51. The van der Waals surface area contributed by atoms with E-state index in [0.717, 1.165) is 11.3 Å². The number of amides is 1. The number of para-hydroxylation sites is 1. The molecule has 1 aliphatic rings. The van der Waals surface area contributed by atoms with Crippen molar-refractivity contribution in [3.63, 3.8) is 0 Å². The molecule has 1 atom stereocenters. The summed E-state index contributed by atoms with van der Waals surface area (Å²) in [6.07, 6.45) is 1.37. The van der Waals surface area contributed by atoms with Crippen LogP contribution < -0.4 is 10.1 Å². The quantitative estimate of drug-likeness (QED) is 0.764. The second-order valence-corrected chi connectivity index (χ2v) is 9.51. The van der Waals surface area contributed by atoms with Crippen molar-refractivity contribution in [2.45, 2.75) is 30.5 Å². The second-order valence-electron chi connectivity index (χ2n) is 6.39.